The zero-order valence-electron chi connectivity index (χ0n) is 11.1. The van der Waals surface area contributed by atoms with Gasteiger partial charge in [0, 0.05) is 11.1 Å². The van der Waals surface area contributed by atoms with Gasteiger partial charge in [-0.25, -0.2) is 4.39 Å². The second-order valence-corrected chi connectivity index (χ2v) is 4.87. The molecule has 2 aromatic rings. The normalized spacial score (nSPS) is 12.2. The minimum absolute atomic E-state index is 0.0693. The lowest BCUT2D eigenvalue weighted by molar-refractivity contribution is 0.166. The van der Waals surface area contributed by atoms with Gasteiger partial charge in [0.25, 0.3) is 0 Å². The molecule has 1 N–H and O–H groups in total. The van der Waals surface area contributed by atoms with Crippen molar-refractivity contribution in [1.82, 2.24) is 0 Å². The Labute approximate surface area is 122 Å². The van der Waals surface area contributed by atoms with E-state index in [2.05, 4.69) is 0 Å². The van der Waals surface area contributed by atoms with E-state index in [1.54, 1.807) is 24.3 Å². The lowest BCUT2D eigenvalue weighted by atomic mass is 10.1. The molecule has 1 atom stereocenters. The minimum atomic E-state index is -0.588. The molecule has 0 saturated carbocycles. The Morgan fingerprint density at radius 1 is 1.20 bits per heavy atom. The van der Waals surface area contributed by atoms with Crippen molar-refractivity contribution in [2.75, 3.05) is 0 Å². The molecule has 0 aromatic heterocycles. The predicted molar refractivity (Wildman–Crippen MR) is 77.4 cm³/mol. The van der Waals surface area contributed by atoms with Crippen LogP contribution in [0.1, 0.15) is 30.6 Å². The van der Waals surface area contributed by atoms with Gasteiger partial charge < -0.3 is 9.84 Å². The van der Waals surface area contributed by atoms with Crippen molar-refractivity contribution in [2.45, 2.75) is 26.1 Å². The number of hydrogen-bond donors (Lipinski definition) is 1. The van der Waals surface area contributed by atoms with E-state index in [0.29, 0.717) is 23.3 Å². The molecular weight excluding hydrogens is 279 g/mol. The first-order chi connectivity index (χ1) is 9.63. The van der Waals surface area contributed by atoms with Crippen molar-refractivity contribution in [3.05, 3.63) is 64.4 Å². The summed E-state index contributed by atoms with van der Waals surface area (Å²) in [6.45, 7) is 1.96. The predicted octanol–water partition coefficient (Wildman–Crippen LogP) is 4.50. The Kier molecular flexibility index (Phi) is 4.99. The van der Waals surface area contributed by atoms with Gasteiger partial charge in [-0.1, -0.05) is 48.9 Å². The van der Waals surface area contributed by atoms with Crippen LogP contribution in [0.2, 0.25) is 5.02 Å². The second kappa shape index (κ2) is 6.73. The molecule has 0 spiro atoms. The number of benzene rings is 2. The van der Waals surface area contributed by atoms with Gasteiger partial charge in [-0.15, -0.1) is 0 Å². The van der Waals surface area contributed by atoms with Crippen molar-refractivity contribution in [1.29, 1.82) is 0 Å². The van der Waals surface area contributed by atoms with Crippen molar-refractivity contribution >= 4 is 11.6 Å². The molecule has 2 rings (SSSR count). The Morgan fingerprint density at radius 2 is 1.95 bits per heavy atom. The summed E-state index contributed by atoms with van der Waals surface area (Å²) in [4.78, 5) is 0. The highest BCUT2D eigenvalue weighted by Gasteiger charge is 2.12. The van der Waals surface area contributed by atoms with E-state index in [1.807, 2.05) is 19.1 Å². The van der Waals surface area contributed by atoms with Crippen LogP contribution in [0.15, 0.2) is 42.5 Å². The smallest absolute Gasteiger partial charge is 0.148 e. The lowest BCUT2D eigenvalue weighted by Crippen LogP contribution is -2.03. The van der Waals surface area contributed by atoms with Gasteiger partial charge in [0.05, 0.1) is 11.1 Å². The van der Waals surface area contributed by atoms with Crippen LogP contribution in [-0.4, -0.2) is 5.11 Å². The first-order valence-corrected chi connectivity index (χ1v) is 6.84. The molecule has 0 heterocycles. The van der Waals surface area contributed by atoms with Gasteiger partial charge >= 0.3 is 0 Å². The fraction of sp³-hybridized carbons (Fsp3) is 0.250. The van der Waals surface area contributed by atoms with Gasteiger partial charge in [-0.3, -0.25) is 0 Å². The van der Waals surface area contributed by atoms with Crippen LogP contribution in [0, 0.1) is 5.82 Å². The van der Waals surface area contributed by atoms with E-state index in [9.17, 15) is 9.50 Å². The van der Waals surface area contributed by atoms with Crippen LogP contribution in [0.4, 0.5) is 4.39 Å². The first-order valence-electron chi connectivity index (χ1n) is 6.46. The summed E-state index contributed by atoms with van der Waals surface area (Å²) in [5.41, 5.74) is 1.09. The van der Waals surface area contributed by atoms with Gasteiger partial charge in [-0.05, 0) is 18.6 Å². The SMILES string of the molecule is CCC(O)c1ccccc1OCc1cccc(Cl)c1F. The molecule has 0 bridgehead atoms. The van der Waals surface area contributed by atoms with Crippen LogP contribution in [-0.2, 0) is 6.61 Å². The summed E-state index contributed by atoms with van der Waals surface area (Å²) in [7, 11) is 0. The molecular formula is C16H16ClFO2. The molecule has 2 nitrogen and oxygen atoms in total. The number of ether oxygens (including phenoxy) is 1. The van der Waals surface area contributed by atoms with E-state index in [1.165, 1.54) is 6.07 Å². The molecule has 2 aromatic carbocycles. The van der Waals surface area contributed by atoms with Gasteiger partial charge in [0.15, 0.2) is 0 Å². The molecule has 1 unspecified atom stereocenters. The number of rotatable bonds is 5. The molecule has 4 heteroatoms. The third-order valence-electron chi connectivity index (χ3n) is 3.08. The number of halogens is 2. The molecule has 0 aliphatic heterocycles. The quantitative estimate of drug-likeness (QED) is 0.879. The molecule has 0 fully saturated rings. The Hall–Kier alpha value is -1.58. The van der Waals surface area contributed by atoms with Gasteiger partial charge in [-0.2, -0.15) is 0 Å². The Morgan fingerprint density at radius 3 is 2.70 bits per heavy atom. The molecule has 20 heavy (non-hydrogen) atoms. The number of aliphatic hydroxyl groups excluding tert-OH is 1. The van der Waals surface area contributed by atoms with E-state index < -0.39 is 11.9 Å². The van der Waals surface area contributed by atoms with E-state index in [4.69, 9.17) is 16.3 Å². The van der Waals surface area contributed by atoms with E-state index in [0.717, 1.165) is 0 Å². The largest absolute Gasteiger partial charge is 0.488 e. The zero-order chi connectivity index (χ0) is 14.5. The lowest BCUT2D eigenvalue weighted by Gasteiger charge is -2.15. The summed E-state index contributed by atoms with van der Waals surface area (Å²) in [6, 6.07) is 12.0. The summed E-state index contributed by atoms with van der Waals surface area (Å²) in [6.07, 6.45) is 0.00160. The highest BCUT2D eigenvalue weighted by molar-refractivity contribution is 6.30. The molecule has 0 aliphatic rings. The molecule has 0 amide bonds. The molecule has 0 radical (unpaired) electrons. The van der Waals surface area contributed by atoms with E-state index >= 15 is 0 Å². The highest BCUT2D eigenvalue weighted by atomic mass is 35.5. The van der Waals surface area contributed by atoms with Crippen LogP contribution in [0.25, 0.3) is 0 Å². The molecule has 0 saturated heterocycles. The van der Waals surface area contributed by atoms with Gasteiger partial charge in [0.1, 0.15) is 18.2 Å². The minimum Gasteiger partial charge on any atom is -0.488 e. The Bertz CT molecular complexity index is 586. The van der Waals surface area contributed by atoms with E-state index in [-0.39, 0.29) is 11.6 Å². The van der Waals surface area contributed by atoms with Gasteiger partial charge in [0.2, 0.25) is 0 Å². The van der Waals surface area contributed by atoms with Crippen molar-refractivity contribution in [3.63, 3.8) is 0 Å². The van der Waals surface area contributed by atoms with Crippen molar-refractivity contribution < 1.29 is 14.2 Å². The maximum atomic E-state index is 13.8. The van der Waals surface area contributed by atoms with Crippen molar-refractivity contribution in [3.8, 4) is 5.75 Å². The van der Waals surface area contributed by atoms with Crippen molar-refractivity contribution in [2.24, 2.45) is 0 Å². The molecule has 106 valence electrons. The average Bonchev–Trinajstić information content (AvgIpc) is 2.48. The molecule has 0 aliphatic carbocycles. The first kappa shape index (κ1) is 14.8. The van der Waals surface area contributed by atoms with Crippen LogP contribution in [0.3, 0.4) is 0 Å². The number of hydrogen-bond acceptors (Lipinski definition) is 2. The third kappa shape index (κ3) is 3.30. The fourth-order valence-corrected chi connectivity index (χ4v) is 2.12. The summed E-state index contributed by atoms with van der Waals surface area (Å²) >= 11 is 5.73. The number of para-hydroxylation sites is 1. The highest BCUT2D eigenvalue weighted by Crippen LogP contribution is 2.28. The van der Waals surface area contributed by atoms with Crippen LogP contribution in [0.5, 0.6) is 5.75 Å². The summed E-state index contributed by atoms with van der Waals surface area (Å²) in [5.74, 6) is 0.0870. The summed E-state index contributed by atoms with van der Waals surface area (Å²) < 4.78 is 19.4. The third-order valence-corrected chi connectivity index (χ3v) is 3.37. The Balaban J connectivity index is 2.17. The zero-order valence-corrected chi connectivity index (χ0v) is 11.9. The fourth-order valence-electron chi connectivity index (χ4n) is 1.92. The average molecular weight is 295 g/mol. The van der Waals surface area contributed by atoms with Crippen LogP contribution < -0.4 is 4.74 Å². The maximum absolute atomic E-state index is 13.8. The summed E-state index contributed by atoms with van der Waals surface area (Å²) in [5, 5.41) is 10.0. The topological polar surface area (TPSA) is 29.5 Å². The maximum Gasteiger partial charge on any atom is 0.148 e. The monoisotopic (exact) mass is 294 g/mol. The second-order valence-electron chi connectivity index (χ2n) is 4.46. The standard InChI is InChI=1S/C16H16ClFO2/c1-2-14(19)12-7-3-4-9-15(12)20-10-11-6-5-8-13(17)16(11)18/h3-9,14,19H,2,10H2,1H3. The van der Waals surface area contributed by atoms with Crippen LogP contribution >= 0.6 is 11.6 Å². The number of aliphatic hydroxyl groups is 1.